The second-order valence-corrected chi connectivity index (χ2v) is 5.27. The molecule has 3 aromatic rings. The van der Waals surface area contributed by atoms with Crippen molar-refractivity contribution in [2.75, 3.05) is 13.2 Å². The average molecular weight is 297 g/mol. The van der Waals surface area contributed by atoms with E-state index in [0.717, 1.165) is 22.8 Å². The molecule has 0 amide bonds. The summed E-state index contributed by atoms with van der Waals surface area (Å²) in [6, 6.07) is 5.89. The van der Waals surface area contributed by atoms with E-state index in [1.165, 1.54) is 0 Å². The van der Waals surface area contributed by atoms with E-state index < -0.39 is 0 Å². The zero-order valence-electron chi connectivity index (χ0n) is 12.4. The summed E-state index contributed by atoms with van der Waals surface area (Å²) in [5, 5.41) is 8.27. The molecule has 0 spiro atoms. The molecule has 1 aliphatic rings. The molecule has 22 heavy (non-hydrogen) atoms. The molecule has 1 atom stereocenters. The summed E-state index contributed by atoms with van der Waals surface area (Å²) >= 11 is 0. The number of benzene rings is 1. The Morgan fingerprint density at radius 2 is 2.00 bits per heavy atom. The molecule has 1 aromatic carbocycles. The molecular formula is C15H15N5O2. The fraction of sp³-hybridized carbons (Fsp3) is 0.333. The van der Waals surface area contributed by atoms with Crippen LogP contribution in [0.5, 0.6) is 11.5 Å². The van der Waals surface area contributed by atoms with Gasteiger partial charge < -0.3 is 9.47 Å². The molecule has 1 unspecified atom stereocenters. The molecule has 0 aliphatic carbocycles. The van der Waals surface area contributed by atoms with Crippen LogP contribution < -0.4 is 9.47 Å². The Hall–Kier alpha value is -2.70. The molecule has 0 fully saturated rings. The summed E-state index contributed by atoms with van der Waals surface area (Å²) < 4.78 is 13.0. The lowest BCUT2D eigenvalue weighted by atomic mass is 10.1. The van der Waals surface area contributed by atoms with Gasteiger partial charge in [-0.1, -0.05) is 11.3 Å². The van der Waals surface area contributed by atoms with Gasteiger partial charge in [-0.25, -0.2) is 14.6 Å². The lowest BCUT2D eigenvalue weighted by Crippen LogP contribution is -2.16. The van der Waals surface area contributed by atoms with E-state index in [1.54, 1.807) is 10.9 Å². The SMILES string of the molecule is Cc1cnc2nnn(C(C)c3ccc4c(c3)OCCO4)c2n1. The van der Waals surface area contributed by atoms with E-state index in [4.69, 9.17) is 9.47 Å². The van der Waals surface area contributed by atoms with Gasteiger partial charge in [0.2, 0.25) is 5.65 Å². The molecule has 1 aliphatic heterocycles. The lowest BCUT2D eigenvalue weighted by Gasteiger charge is -2.20. The number of ether oxygens (including phenoxy) is 2. The van der Waals surface area contributed by atoms with Gasteiger partial charge in [-0.2, -0.15) is 0 Å². The van der Waals surface area contributed by atoms with Crippen LogP contribution in [0, 0.1) is 6.92 Å². The maximum absolute atomic E-state index is 5.64. The topological polar surface area (TPSA) is 75.0 Å². The first-order valence-corrected chi connectivity index (χ1v) is 7.16. The van der Waals surface area contributed by atoms with E-state index >= 15 is 0 Å². The standard InChI is InChI=1S/C15H15N5O2/c1-9-8-16-14-15(17-9)20(19-18-14)10(2)11-3-4-12-13(7-11)22-6-5-21-12/h3-4,7-8,10H,5-6H2,1-2H3. The molecule has 3 heterocycles. The van der Waals surface area contributed by atoms with Crippen molar-refractivity contribution in [2.45, 2.75) is 19.9 Å². The van der Waals surface area contributed by atoms with Crippen LogP contribution in [0.3, 0.4) is 0 Å². The monoisotopic (exact) mass is 297 g/mol. The van der Waals surface area contributed by atoms with E-state index in [1.807, 2.05) is 32.0 Å². The number of hydrogen-bond donors (Lipinski definition) is 0. The van der Waals surface area contributed by atoms with Gasteiger partial charge >= 0.3 is 0 Å². The molecule has 0 N–H and O–H groups in total. The van der Waals surface area contributed by atoms with Gasteiger partial charge in [-0.15, -0.1) is 5.10 Å². The van der Waals surface area contributed by atoms with Gasteiger partial charge in [-0.3, -0.25) is 0 Å². The maximum Gasteiger partial charge on any atom is 0.221 e. The normalized spacial score (nSPS) is 15.0. The summed E-state index contributed by atoms with van der Waals surface area (Å²) in [4.78, 5) is 8.74. The molecule has 0 saturated carbocycles. The summed E-state index contributed by atoms with van der Waals surface area (Å²) in [6.07, 6.45) is 1.69. The third kappa shape index (κ3) is 2.05. The van der Waals surface area contributed by atoms with E-state index in [2.05, 4.69) is 20.3 Å². The number of aromatic nitrogens is 5. The van der Waals surface area contributed by atoms with Crippen LogP contribution in [0.4, 0.5) is 0 Å². The van der Waals surface area contributed by atoms with Crippen LogP contribution in [0.2, 0.25) is 0 Å². The lowest BCUT2D eigenvalue weighted by molar-refractivity contribution is 0.171. The summed E-state index contributed by atoms with van der Waals surface area (Å²) in [6.45, 7) is 5.11. The highest BCUT2D eigenvalue weighted by Gasteiger charge is 2.18. The van der Waals surface area contributed by atoms with Gasteiger partial charge in [0.1, 0.15) is 13.2 Å². The predicted octanol–water partition coefficient (Wildman–Crippen LogP) is 1.91. The highest BCUT2D eigenvalue weighted by atomic mass is 16.6. The number of nitrogens with zero attached hydrogens (tertiary/aromatic N) is 5. The van der Waals surface area contributed by atoms with Crippen molar-refractivity contribution >= 4 is 11.3 Å². The second-order valence-electron chi connectivity index (χ2n) is 5.27. The molecule has 0 saturated heterocycles. The maximum atomic E-state index is 5.64. The van der Waals surface area contributed by atoms with Crippen molar-refractivity contribution in [2.24, 2.45) is 0 Å². The fourth-order valence-electron chi connectivity index (χ4n) is 2.54. The molecular weight excluding hydrogens is 282 g/mol. The van der Waals surface area contributed by atoms with Gasteiger partial charge in [0.15, 0.2) is 17.1 Å². The van der Waals surface area contributed by atoms with Crippen LogP contribution in [-0.2, 0) is 0 Å². The van der Waals surface area contributed by atoms with Crippen molar-refractivity contribution in [3.8, 4) is 11.5 Å². The van der Waals surface area contributed by atoms with E-state index in [-0.39, 0.29) is 6.04 Å². The van der Waals surface area contributed by atoms with Crippen molar-refractivity contribution in [3.63, 3.8) is 0 Å². The molecule has 4 rings (SSSR count). The minimum absolute atomic E-state index is 0.0306. The minimum Gasteiger partial charge on any atom is -0.486 e. The highest BCUT2D eigenvalue weighted by molar-refractivity contribution is 5.64. The van der Waals surface area contributed by atoms with E-state index in [0.29, 0.717) is 24.5 Å². The number of hydrogen-bond acceptors (Lipinski definition) is 6. The number of aryl methyl sites for hydroxylation is 1. The molecule has 112 valence electrons. The molecule has 7 heteroatoms. The zero-order valence-corrected chi connectivity index (χ0v) is 12.4. The summed E-state index contributed by atoms with van der Waals surface area (Å²) in [5.41, 5.74) is 3.13. The van der Waals surface area contributed by atoms with Gasteiger partial charge in [0.25, 0.3) is 0 Å². The average Bonchev–Trinajstić information content (AvgIpc) is 2.96. The van der Waals surface area contributed by atoms with Gasteiger partial charge in [-0.05, 0) is 31.5 Å². The van der Waals surface area contributed by atoms with Crippen LogP contribution in [0.25, 0.3) is 11.3 Å². The molecule has 0 bridgehead atoms. The first-order chi connectivity index (χ1) is 10.7. The quantitative estimate of drug-likeness (QED) is 0.719. The Morgan fingerprint density at radius 1 is 1.18 bits per heavy atom. The Balaban J connectivity index is 1.76. The largest absolute Gasteiger partial charge is 0.486 e. The summed E-state index contributed by atoms with van der Waals surface area (Å²) in [7, 11) is 0. The van der Waals surface area contributed by atoms with Gasteiger partial charge in [0.05, 0.1) is 17.9 Å². The third-order valence-corrected chi connectivity index (χ3v) is 3.72. The first kappa shape index (κ1) is 13.0. The van der Waals surface area contributed by atoms with Gasteiger partial charge in [0, 0.05) is 0 Å². The van der Waals surface area contributed by atoms with Crippen LogP contribution in [-0.4, -0.2) is 38.2 Å². The third-order valence-electron chi connectivity index (χ3n) is 3.72. The fourth-order valence-corrected chi connectivity index (χ4v) is 2.54. The van der Waals surface area contributed by atoms with E-state index in [9.17, 15) is 0 Å². The summed E-state index contributed by atoms with van der Waals surface area (Å²) in [5.74, 6) is 1.54. The molecule has 0 radical (unpaired) electrons. The Kier molecular flexibility index (Phi) is 2.92. The van der Waals surface area contributed by atoms with Crippen molar-refractivity contribution in [1.82, 2.24) is 25.0 Å². The molecule has 2 aromatic heterocycles. The van der Waals surface area contributed by atoms with Crippen molar-refractivity contribution < 1.29 is 9.47 Å². The predicted molar refractivity (Wildman–Crippen MR) is 79.1 cm³/mol. The number of rotatable bonds is 2. The van der Waals surface area contributed by atoms with Crippen LogP contribution in [0.15, 0.2) is 24.4 Å². The van der Waals surface area contributed by atoms with Crippen molar-refractivity contribution in [3.05, 3.63) is 35.7 Å². The first-order valence-electron chi connectivity index (χ1n) is 7.16. The van der Waals surface area contributed by atoms with Crippen molar-refractivity contribution in [1.29, 1.82) is 0 Å². The smallest absolute Gasteiger partial charge is 0.221 e. The Morgan fingerprint density at radius 3 is 2.86 bits per heavy atom. The zero-order chi connectivity index (χ0) is 15.1. The minimum atomic E-state index is -0.0306. The highest BCUT2D eigenvalue weighted by Crippen LogP contribution is 2.33. The molecule has 7 nitrogen and oxygen atoms in total. The Bertz CT molecular complexity index is 845. The second kappa shape index (κ2) is 4.94. The Labute approximate surface area is 126 Å². The van der Waals surface area contributed by atoms with Crippen LogP contribution in [0.1, 0.15) is 24.2 Å². The van der Waals surface area contributed by atoms with Crippen LogP contribution >= 0.6 is 0 Å². The number of fused-ring (bicyclic) bond motifs is 2.